The van der Waals surface area contributed by atoms with Crippen molar-refractivity contribution < 1.29 is 19.4 Å². The molecule has 1 aromatic heterocycles. The van der Waals surface area contributed by atoms with E-state index in [0.717, 1.165) is 0 Å². The molecular weight excluding hydrogens is 320 g/mol. The SMILES string of the molecule is CC(Oc1cccnc1[N+](=O)[O-])C(=O)Nc1ccccc1[N+](=O)[O-]. The molecule has 1 unspecified atom stereocenters. The third-order valence-electron chi connectivity index (χ3n) is 2.96. The molecule has 0 bridgehead atoms. The highest BCUT2D eigenvalue weighted by Crippen LogP contribution is 2.26. The van der Waals surface area contributed by atoms with Gasteiger partial charge in [0, 0.05) is 6.07 Å². The van der Waals surface area contributed by atoms with E-state index in [9.17, 15) is 25.0 Å². The number of amides is 1. The molecule has 1 amide bonds. The first-order chi connectivity index (χ1) is 11.4. The summed E-state index contributed by atoms with van der Waals surface area (Å²) in [5.74, 6) is -1.39. The van der Waals surface area contributed by atoms with E-state index in [1.54, 1.807) is 0 Å². The summed E-state index contributed by atoms with van der Waals surface area (Å²) >= 11 is 0. The summed E-state index contributed by atoms with van der Waals surface area (Å²) in [6.45, 7) is 1.36. The van der Waals surface area contributed by atoms with Crippen molar-refractivity contribution in [2.24, 2.45) is 0 Å². The van der Waals surface area contributed by atoms with E-state index in [1.165, 1.54) is 49.5 Å². The molecule has 2 rings (SSSR count). The number of carbonyl (C=O) groups excluding carboxylic acids is 1. The zero-order valence-electron chi connectivity index (χ0n) is 12.4. The number of pyridine rings is 1. The van der Waals surface area contributed by atoms with Crippen LogP contribution in [0.3, 0.4) is 0 Å². The molecule has 0 fully saturated rings. The van der Waals surface area contributed by atoms with E-state index in [2.05, 4.69) is 10.3 Å². The Hall–Kier alpha value is -3.56. The molecule has 0 aliphatic rings. The molecule has 0 aliphatic carbocycles. The van der Waals surface area contributed by atoms with Crippen molar-refractivity contribution >= 4 is 23.1 Å². The van der Waals surface area contributed by atoms with Crippen LogP contribution in [-0.2, 0) is 4.79 Å². The molecular formula is C14H12N4O6. The Labute approximate surface area is 135 Å². The Kier molecular flexibility index (Phi) is 5.00. The van der Waals surface area contributed by atoms with E-state index >= 15 is 0 Å². The van der Waals surface area contributed by atoms with Gasteiger partial charge < -0.3 is 20.2 Å². The summed E-state index contributed by atoms with van der Waals surface area (Å²) < 4.78 is 5.26. The average molecular weight is 332 g/mol. The zero-order valence-corrected chi connectivity index (χ0v) is 12.4. The van der Waals surface area contributed by atoms with Crippen molar-refractivity contribution in [3.8, 4) is 5.75 Å². The summed E-state index contributed by atoms with van der Waals surface area (Å²) in [7, 11) is 0. The van der Waals surface area contributed by atoms with Crippen molar-refractivity contribution in [1.29, 1.82) is 0 Å². The van der Waals surface area contributed by atoms with Crippen LogP contribution in [0.4, 0.5) is 17.2 Å². The number of ether oxygens (including phenoxy) is 1. The molecule has 1 heterocycles. The number of hydrogen-bond donors (Lipinski definition) is 1. The lowest BCUT2D eigenvalue weighted by atomic mass is 10.2. The minimum absolute atomic E-state index is 0.00337. The number of nitro groups is 2. The Morgan fingerprint density at radius 3 is 2.54 bits per heavy atom. The molecule has 1 N–H and O–H groups in total. The molecule has 0 radical (unpaired) electrons. The topological polar surface area (TPSA) is 138 Å². The second-order valence-corrected chi connectivity index (χ2v) is 4.61. The van der Waals surface area contributed by atoms with Gasteiger partial charge in [0.05, 0.1) is 4.92 Å². The van der Waals surface area contributed by atoms with Crippen molar-refractivity contribution in [2.75, 3.05) is 5.32 Å². The summed E-state index contributed by atoms with van der Waals surface area (Å²) in [4.78, 5) is 36.1. The monoisotopic (exact) mass is 332 g/mol. The van der Waals surface area contributed by atoms with Crippen LogP contribution >= 0.6 is 0 Å². The normalized spacial score (nSPS) is 11.4. The number of hydrogen-bond acceptors (Lipinski definition) is 7. The maximum atomic E-state index is 12.1. The van der Waals surface area contributed by atoms with E-state index < -0.39 is 27.7 Å². The average Bonchev–Trinajstić information content (AvgIpc) is 2.55. The van der Waals surface area contributed by atoms with Crippen molar-refractivity contribution in [3.63, 3.8) is 0 Å². The Balaban J connectivity index is 2.14. The van der Waals surface area contributed by atoms with Crippen LogP contribution < -0.4 is 10.1 Å². The quantitative estimate of drug-likeness (QED) is 0.632. The predicted molar refractivity (Wildman–Crippen MR) is 82.7 cm³/mol. The minimum Gasteiger partial charge on any atom is -0.473 e. The van der Waals surface area contributed by atoms with Gasteiger partial charge in [-0.3, -0.25) is 14.9 Å². The highest BCUT2D eigenvalue weighted by atomic mass is 16.6. The minimum atomic E-state index is -1.13. The molecule has 10 nitrogen and oxygen atoms in total. The maximum Gasteiger partial charge on any atom is 0.406 e. The number of nitrogens with zero attached hydrogens (tertiary/aromatic N) is 3. The van der Waals surface area contributed by atoms with Crippen LogP contribution in [0.5, 0.6) is 5.75 Å². The first-order valence-electron chi connectivity index (χ1n) is 6.70. The molecule has 124 valence electrons. The number of para-hydroxylation sites is 2. The third-order valence-corrected chi connectivity index (χ3v) is 2.96. The van der Waals surface area contributed by atoms with Gasteiger partial charge in [0.25, 0.3) is 11.6 Å². The Morgan fingerprint density at radius 2 is 1.88 bits per heavy atom. The molecule has 10 heteroatoms. The standard InChI is InChI=1S/C14H12N4O6/c1-9(24-12-7-4-8-15-13(12)18(22)23)14(19)16-10-5-2-3-6-11(10)17(20)21/h2-9H,1H3,(H,16,19). The van der Waals surface area contributed by atoms with Gasteiger partial charge >= 0.3 is 5.82 Å². The number of anilines is 1. The lowest BCUT2D eigenvalue weighted by Gasteiger charge is -2.14. The van der Waals surface area contributed by atoms with Gasteiger partial charge in [-0.25, -0.2) is 0 Å². The van der Waals surface area contributed by atoms with Crippen LogP contribution in [0.25, 0.3) is 0 Å². The van der Waals surface area contributed by atoms with Gasteiger partial charge in [-0.15, -0.1) is 0 Å². The molecule has 2 aromatic rings. The summed E-state index contributed by atoms with van der Waals surface area (Å²) in [5.41, 5.74) is -0.269. The second kappa shape index (κ2) is 7.13. The highest BCUT2D eigenvalue weighted by molar-refractivity contribution is 5.96. The van der Waals surface area contributed by atoms with Crippen LogP contribution in [0, 0.1) is 20.2 Å². The Morgan fingerprint density at radius 1 is 1.17 bits per heavy atom. The van der Waals surface area contributed by atoms with Crippen LogP contribution in [-0.4, -0.2) is 26.8 Å². The molecule has 0 aliphatic heterocycles. The van der Waals surface area contributed by atoms with Gasteiger partial charge in [-0.2, -0.15) is 0 Å². The largest absolute Gasteiger partial charge is 0.473 e. The highest BCUT2D eigenvalue weighted by Gasteiger charge is 2.23. The second-order valence-electron chi connectivity index (χ2n) is 4.61. The van der Waals surface area contributed by atoms with E-state index in [0.29, 0.717) is 0 Å². The van der Waals surface area contributed by atoms with E-state index in [1.807, 2.05) is 0 Å². The van der Waals surface area contributed by atoms with E-state index in [-0.39, 0.29) is 17.1 Å². The number of nitro benzene ring substituents is 1. The number of aromatic nitrogens is 1. The molecule has 0 saturated carbocycles. The van der Waals surface area contributed by atoms with Crippen LogP contribution in [0.2, 0.25) is 0 Å². The van der Waals surface area contributed by atoms with Crippen molar-refractivity contribution in [1.82, 2.24) is 4.98 Å². The Bertz CT molecular complexity index is 794. The van der Waals surface area contributed by atoms with Gasteiger partial charge in [-0.1, -0.05) is 12.1 Å². The lowest BCUT2D eigenvalue weighted by molar-refractivity contribution is -0.390. The summed E-state index contributed by atoms with van der Waals surface area (Å²) in [6.07, 6.45) is 0.0935. The summed E-state index contributed by atoms with van der Waals surface area (Å²) in [6, 6.07) is 8.34. The number of nitrogens with one attached hydrogen (secondary N) is 1. The van der Waals surface area contributed by atoms with Crippen molar-refractivity contribution in [3.05, 3.63) is 62.8 Å². The van der Waals surface area contributed by atoms with Gasteiger partial charge in [0.15, 0.2) is 6.10 Å². The van der Waals surface area contributed by atoms with Gasteiger partial charge in [0.1, 0.15) is 11.9 Å². The lowest BCUT2D eigenvalue weighted by Crippen LogP contribution is -2.30. The predicted octanol–water partition coefficient (Wildman–Crippen LogP) is 2.30. The zero-order chi connectivity index (χ0) is 17.7. The molecule has 0 spiro atoms. The number of carbonyl (C=O) groups is 1. The van der Waals surface area contributed by atoms with Gasteiger partial charge in [-0.05, 0) is 35.0 Å². The molecule has 1 atom stereocenters. The van der Waals surface area contributed by atoms with Crippen molar-refractivity contribution in [2.45, 2.75) is 13.0 Å². The van der Waals surface area contributed by atoms with Crippen LogP contribution in [0.1, 0.15) is 6.92 Å². The smallest absolute Gasteiger partial charge is 0.406 e. The fourth-order valence-corrected chi connectivity index (χ4v) is 1.83. The first kappa shape index (κ1) is 16.8. The number of rotatable bonds is 6. The van der Waals surface area contributed by atoms with E-state index in [4.69, 9.17) is 4.74 Å². The number of benzene rings is 1. The molecule has 0 saturated heterocycles. The molecule has 24 heavy (non-hydrogen) atoms. The maximum absolute atomic E-state index is 12.1. The first-order valence-corrected chi connectivity index (χ1v) is 6.70. The third kappa shape index (κ3) is 3.80. The van der Waals surface area contributed by atoms with Crippen LogP contribution in [0.15, 0.2) is 42.6 Å². The summed E-state index contributed by atoms with van der Waals surface area (Å²) in [5, 5.41) is 24.2. The fraction of sp³-hybridized carbons (Fsp3) is 0.143. The van der Waals surface area contributed by atoms with Gasteiger partial charge in [0.2, 0.25) is 5.75 Å². The fourth-order valence-electron chi connectivity index (χ4n) is 1.83. The molecule has 1 aromatic carbocycles.